The van der Waals surface area contributed by atoms with Crippen molar-refractivity contribution in [2.45, 2.75) is 12.4 Å². The van der Waals surface area contributed by atoms with Crippen molar-refractivity contribution >= 4 is 15.5 Å². The Labute approximate surface area is 97.4 Å². The van der Waals surface area contributed by atoms with Crippen LogP contribution in [0.1, 0.15) is 11.1 Å². The van der Waals surface area contributed by atoms with E-state index in [-0.39, 0.29) is 6.07 Å². The van der Waals surface area contributed by atoms with E-state index in [2.05, 4.69) is 3.79 Å². The van der Waals surface area contributed by atoms with Crippen LogP contribution in [0.25, 0.3) is 0 Å². The number of alkyl halides is 6. The molecule has 1 aromatic carbocycles. The van der Waals surface area contributed by atoms with E-state index >= 15 is 0 Å². The van der Waals surface area contributed by atoms with E-state index < -0.39 is 44.7 Å². The van der Waals surface area contributed by atoms with Gasteiger partial charge in [-0.3, -0.25) is 0 Å². The molecule has 0 heterocycles. The zero-order valence-electron chi connectivity index (χ0n) is 7.89. The maximum atomic E-state index is 12.3. The van der Waals surface area contributed by atoms with Crippen molar-refractivity contribution in [3.05, 3.63) is 29.3 Å². The van der Waals surface area contributed by atoms with Crippen molar-refractivity contribution < 1.29 is 33.9 Å². The number of halogens is 6. The number of hydrogen-bond acceptors (Lipinski definition) is 2. The van der Waals surface area contributed by atoms with Crippen molar-refractivity contribution in [3.63, 3.8) is 0 Å². The molecule has 0 unspecified atom stereocenters. The molecule has 0 spiro atoms. The van der Waals surface area contributed by atoms with Crippen LogP contribution in [-0.2, 0) is 16.2 Å². The summed E-state index contributed by atoms with van der Waals surface area (Å²) >= 11 is -1.94. The summed E-state index contributed by atoms with van der Waals surface area (Å²) in [7, 11) is 0. The Morgan fingerprint density at radius 2 is 1.29 bits per heavy atom. The molecule has 9 heteroatoms. The third-order valence-corrected chi connectivity index (χ3v) is 2.11. The van der Waals surface area contributed by atoms with E-state index in [1.807, 2.05) is 0 Å². The molecule has 0 N–H and O–H groups in total. The van der Waals surface area contributed by atoms with E-state index in [4.69, 9.17) is 0 Å². The van der Waals surface area contributed by atoms with E-state index in [0.717, 1.165) is 0 Å². The van der Waals surface area contributed by atoms with Crippen molar-refractivity contribution in [2.75, 3.05) is 0 Å². The first-order valence-corrected chi connectivity index (χ1v) is 4.98. The van der Waals surface area contributed by atoms with Crippen LogP contribution in [0, 0.1) is 0 Å². The molecule has 0 atom stereocenters. The molecule has 0 saturated carbocycles. The minimum absolute atomic E-state index is 0.0347. The zero-order valence-corrected chi connectivity index (χ0v) is 9.05. The summed E-state index contributed by atoms with van der Waals surface area (Å²) in [6.45, 7) is 0. The van der Waals surface area contributed by atoms with Crippen LogP contribution in [0.15, 0.2) is 18.2 Å². The van der Waals surface area contributed by atoms with Gasteiger partial charge in [0.1, 0.15) is 0 Å². The van der Waals surface area contributed by atoms with Gasteiger partial charge in [-0.25, -0.2) is 0 Å². The summed E-state index contributed by atoms with van der Waals surface area (Å²) < 4.78 is 88.0. The molecule has 92 valence electrons. The number of benzene rings is 1. The Morgan fingerprint density at radius 3 is 1.59 bits per heavy atom. The first-order valence-electron chi connectivity index (χ1n) is 4.04. The molecule has 0 amide bonds. The van der Waals surface area contributed by atoms with Crippen LogP contribution in [0.4, 0.5) is 26.3 Å². The van der Waals surface area contributed by atoms with Crippen LogP contribution in [0.5, 0.6) is 5.75 Å². The van der Waals surface area contributed by atoms with Crippen LogP contribution in [-0.4, -0.2) is 15.5 Å². The van der Waals surface area contributed by atoms with Crippen molar-refractivity contribution in [2.24, 2.45) is 0 Å². The van der Waals surface area contributed by atoms with Crippen LogP contribution in [0.3, 0.4) is 0 Å². The molecule has 0 aliphatic rings. The Bertz CT molecular complexity index is 393. The molecule has 2 nitrogen and oxygen atoms in total. The minimum atomic E-state index is -4.93. The summed E-state index contributed by atoms with van der Waals surface area (Å²) in [4.78, 5) is 0. The SMILES string of the molecule is [O]=[Al][O]c1cc(C(F)(F)F)cc(C(F)(F)F)c1. The van der Waals surface area contributed by atoms with Crippen LogP contribution >= 0.6 is 0 Å². The molecule has 0 saturated heterocycles. The fraction of sp³-hybridized carbons (Fsp3) is 0.250. The van der Waals surface area contributed by atoms with Crippen LogP contribution < -0.4 is 3.79 Å². The second-order valence-electron chi connectivity index (χ2n) is 2.96. The Hall–Kier alpha value is -1.07. The summed E-state index contributed by atoms with van der Waals surface area (Å²) in [5.74, 6) is -0.725. The monoisotopic (exact) mass is 272 g/mol. The van der Waals surface area contributed by atoms with E-state index in [1.54, 1.807) is 0 Å². The van der Waals surface area contributed by atoms with Crippen LogP contribution in [0.2, 0.25) is 0 Å². The zero-order chi connectivity index (χ0) is 13.3. The molecule has 0 fully saturated rings. The van der Waals surface area contributed by atoms with Gasteiger partial charge < -0.3 is 0 Å². The first-order chi connectivity index (χ1) is 7.64. The van der Waals surface area contributed by atoms with Gasteiger partial charge in [-0.05, 0) is 0 Å². The fourth-order valence-electron chi connectivity index (χ4n) is 1.05. The predicted molar refractivity (Wildman–Crippen MR) is 43.5 cm³/mol. The van der Waals surface area contributed by atoms with Gasteiger partial charge in [-0.2, -0.15) is 0 Å². The summed E-state index contributed by atoms with van der Waals surface area (Å²) in [6, 6.07) is 0.688. The average molecular weight is 272 g/mol. The second kappa shape index (κ2) is 4.66. The van der Waals surface area contributed by atoms with Crippen molar-refractivity contribution in [1.29, 1.82) is 0 Å². The van der Waals surface area contributed by atoms with Gasteiger partial charge in [-0.15, -0.1) is 0 Å². The standard InChI is InChI=1S/C8H4F6O.Al.O/c9-7(10,11)4-1-5(8(12,13)14)3-6(15)2-4;;/h1-3,15H;;/q;+1;/p-1. The van der Waals surface area contributed by atoms with Gasteiger partial charge in [0.05, 0.1) is 0 Å². The molecule has 0 aliphatic carbocycles. The topological polar surface area (TPSA) is 26.3 Å². The third kappa shape index (κ3) is 3.71. The average Bonchev–Trinajstić information content (AvgIpc) is 2.15. The Balaban J connectivity index is 3.34. The Kier molecular flexibility index (Phi) is 3.84. The normalized spacial score (nSPS) is 12.1. The third-order valence-electron chi connectivity index (χ3n) is 1.75. The van der Waals surface area contributed by atoms with Gasteiger partial charge in [0.2, 0.25) is 0 Å². The molecule has 0 bridgehead atoms. The van der Waals surface area contributed by atoms with Gasteiger partial charge in [0.25, 0.3) is 0 Å². The molecule has 1 rings (SSSR count). The molecule has 0 aromatic heterocycles. The molecular weight excluding hydrogens is 269 g/mol. The van der Waals surface area contributed by atoms with Crippen molar-refractivity contribution in [3.8, 4) is 5.75 Å². The van der Waals surface area contributed by atoms with Gasteiger partial charge in [0.15, 0.2) is 0 Å². The molecular formula is C8H3AlF6O2. The van der Waals surface area contributed by atoms with E-state index in [9.17, 15) is 30.1 Å². The summed E-state index contributed by atoms with van der Waals surface area (Å²) in [5.41, 5.74) is -3.01. The molecule has 17 heavy (non-hydrogen) atoms. The number of hydrogen-bond donors (Lipinski definition) is 0. The maximum absolute atomic E-state index is 12.3. The number of rotatable bonds is 2. The van der Waals surface area contributed by atoms with Gasteiger partial charge in [0, 0.05) is 0 Å². The molecule has 1 aromatic rings. The van der Waals surface area contributed by atoms with Gasteiger partial charge in [-0.1, -0.05) is 0 Å². The first kappa shape index (κ1) is 14.0. The Morgan fingerprint density at radius 1 is 0.882 bits per heavy atom. The molecule has 0 radical (unpaired) electrons. The summed E-state index contributed by atoms with van der Waals surface area (Å²) in [6.07, 6.45) is -9.87. The summed E-state index contributed by atoms with van der Waals surface area (Å²) in [5, 5.41) is 0. The van der Waals surface area contributed by atoms with Gasteiger partial charge >= 0.3 is 96.8 Å². The molecule has 0 aliphatic heterocycles. The quantitative estimate of drug-likeness (QED) is 0.611. The van der Waals surface area contributed by atoms with E-state index in [1.165, 1.54) is 0 Å². The van der Waals surface area contributed by atoms with Crippen molar-refractivity contribution in [1.82, 2.24) is 0 Å². The van der Waals surface area contributed by atoms with E-state index in [0.29, 0.717) is 12.1 Å². The second-order valence-corrected chi connectivity index (χ2v) is 3.38. The predicted octanol–water partition coefficient (Wildman–Crippen LogP) is 3.07. The fourth-order valence-corrected chi connectivity index (χ4v) is 1.30.